The van der Waals surface area contributed by atoms with E-state index in [1.54, 1.807) is 6.07 Å². The van der Waals surface area contributed by atoms with Gasteiger partial charge in [-0.15, -0.1) is 0 Å². The van der Waals surface area contributed by atoms with Gasteiger partial charge in [-0.3, -0.25) is 4.79 Å². The average Bonchev–Trinajstić information content (AvgIpc) is 2.28. The minimum atomic E-state index is -0.461. The molecule has 1 heterocycles. The molecule has 0 amide bonds. The van der Waals surface area contributed by atoms with Gasteiger partial charge in [0.2, 0.25) is 0 Å². The topological polar surface area (TPSA) is 69.5 Å². The first kappa shape index (κ1) is 10.1. The maximum absolute atomic E-state index is 13.0. The molecule has 1 aromatic heterocycles. The van der Waals surface area contributed by atoms with E-state index < -0.39 is 11.4 Å². The summed E-state index contributed by atoms with van der Waals surface area (Å²) in [6.07, 6.45) is 0. The number of hydrogen-bond donors (Lipinski definition) is 1. The number of nitrogens with one attached hydrogen (secondary N) is 1. The van der Waals surface area contributed by atoms with Crippen molar-refractivity contribution < 1.29 is 4.39 Å². The molecule has 2 rings (SSSR count). The number of hydrogen-bond acceptors (Lipinski definition) is 3. The lowest BCUT2D eigenvalue weighted by Gasteiger charge is -2.01. The van der Waals surface area contributed by atoms with Gasteiger partial charge in [-0.25, -0.2) is 9.49 Å². The molecule has 0 fully saturated rings. The Kier molecular flexibility index (Phi) is 2.48. The summed E-state index contributed by atoms with van der Waals surface area (Å²) in [6, 6.07) is 8.65. The Bertz CT molecular complexity index is 628. The van der Waals surface area contributed by atoms with Crippen LogP contribution in [0, 0.1) is 17.1 Å². The van der Waals surface area contributed by atoms with Crippen molar-refractivity contribution in [3.05, 3.63) is 52.1 Å². The van der Waals surface area contributed by atoms with Crippen LogP contribution in [0.15, 0.2) is 35.1 Å². The second-order valence-electron chi connectivity index (χ2n) is 3.12. The van der Waals surface area contributed by atoms with Crippen LogP contribution in [0.5, 0.6) is 0 Å². The molecule has 0 unspecified atom stereocenters. The summed E-state index contributed by atoms with van der Waals surface area (Å²) in [4.78, 5) is 11.0. The molecular formula is C11H6FN3O. The summed E-state index contributed by atoms with van der Waals surface area (Å²) in [6.45, 7) is 0. The van der Waals surface area contributed by atoms with Gasteiger partial charge in [0.1, 0.15) is 17.6 Å². The molecule has 0 radical (unpaired) electrons. The third-order valence-corrected chi connectivity index (χ3v) is 2.03. The first-order valence-corrected chi connectivity index (χ1v) is 4.46. The SMILES string of the molecule is N#Cc1cc(=O)[nH]nc1-c1cccc(F)c1. The van der Waals surface area contributed by atoms with Crippen molar-refractivity contribution in [2.75, 3.05) is 0 Å². The lowest BCUT2D eigenvalue weighted by atomic mass is 10.1. The van der Waals surface area contributed by atoms with Gasteiger partial charge in [-0.1, -0.05) is 12.1 Å². The monoisotopic (exact) mass is 215 g/mol. The fourth-order valence-electron chi connectivity index (χ4n) is 1.34. The Labute approximate surface area is 90.0 Å². The predicted molar refractivity (Wildman–Crippen MR) is 55.0 cm³/mol. The fourth-order valence-corrected chi connectivity index (χ4v) is 1.34. The molecule has 0 atom stereocenters. The zero-order chi connectivity index (χ0) is 11.5. The van der Waals surface area contributed by atoms with Crippen molar-refractivity contribution in [3.63, 3.8) is 0 Å². The van der Waals surface area contributed by atoms with Crippen molar-refractivity contribution in [2.24, 2.45) is 0 Å². The minimum absolute atomic E-state index is 0.120. The van der Waals surface area contributed by atoms with E-state index >= 15 is 0 Å². The Morgan fingerprint density at radius 3 is 2.88 bits per heavy atom. The van der Waals surface area contributed by atoms with Gasteiger partial charge in [-0.05, 0) is 12.1 Å². The highest BCUT2D eigenvalue weighted by Gasteiger charge is 2.08. The van der Waals surface area contributed by atoms with Crippen LogP contribution in [0.3, 0.4) is 0 Å². The number of aromatic nitrogens is 2. The molecule has 0 aliphatic rings. The van der Waals surface area contributed by atoms with E-state index in [0.29, 0.717) is 5.56 Å². The zero-order valence-corrected chi connectivity index (χ0v) is 8.07. The predicted octanol–water partition coefficient (Wildman–Crippen LogP) is 1.45. The molecule has 0 spiro atoms. The highest BCUT2D eigenvalue weighted by atomic mass is 19.1. The van der Waals surface area contributed by atoms with E-state index in [-0.39, 0.29) is 11.3 Å². The highest BCUT2D eigenvalue weighted by molar-refractivity contribution is 5.65. The summed E-state index contributed by atoms with van der Waals surface area (Å²) in [5.41, 5.74) is 0.375. The maximum Gasteiger partial charge on any atom is 0.265 e. The van der Waals surface area contributed by atoms with Crippen LogP contribution < -0.4 is 5.56 Å². The number of rotatable bonds is 1. The largest absolute Gasteiger partial charge is 0.268 e. The third kappa shape index (κ3) is 1.81. The summed E-state index contributed by atoms with van der Waals surface area (Å²) in [5, 5.41) is 14.8. The van der Waals surface area contributed by atoms with Crippen LogP contribution >= 0.6 is 0 Å². The first-order valence-electron chi connectivity index (χ1n) is 4.46. The number of aromatic amines is 1. The van der Waals surface area contributed by atoms with Gasteiger partial charge < -0.3 is 0 Å². The Balaban J connectivity index is 2.65. The second-order valence-corrected chi connectivity index (χ2v) is 3.12. The molecule has 1 aromatic carbocycles. The van der Waals surface area contributed by atoms with Crippen molar-refractivity contribution in [1.29, 1.82) is 5.26 Å². The van der Waals surface area contributed by atoms with Gasteiger partial charge in [0, 0.05) is 11.6 Å². The molecule has 4 nitrogen and oxygen atoms in total. The zero-order valence-electron chi connectivity index (χ0n) is 8.07. The fraction of sp³-hybridized carbons (Fsp3) is 0. The molecule has 16 heavy (non-hydrogen) atoms. The van der Waals surface area contributed by atoms with Crippen LogP contribution in [0.25, 0.3) is 11.3 Å². The normalized spacial score (nSPS) is 9.75. The quantitative estimate of drug-likeness (QED) is 0.782. The Morgan fingerprint density at radius 1 is 1.38 bits per heavy atom. The van der Waals surface area contributed by atoms with Crippen molar-refractivity contribution >= 4 is 0 Å². The van der Waals surface area contributed by atoms with Crippen molar-refractivity contribution in [2.45, 2.75) is 0 Å². The van der Waals surface area contributed by atoms with E-state index in [1.807, 2.05) is 6.07 Å². The molecule has 78 valence electrons. The van der Waals surface area contributed by atoms with Crippen molar-refractivity contribution in [3.8, 4) is 17.3 Å². The Hall–Kier alpha value is -2.48. The van der Waals surface area contributed by atoms with Gasteiger partial charge in [-0.2, -0.15) is 10.4 Å². The van der Waals surface area contributed by atoms with E-state index in [1.165, 1.54) is 18.2 Å². The number of nitriles is 1. The van der Waals surface area contributed by atoms with Crippen LogP contribution in [0.1, 0.15) is 5.56 Å². The Morgan fingerprint density at radius 2 is 2.19 bits per heavy atom. The van der Waals surface area contributed by atoms with E-state index in [0.717, 1.165) is 6.07 Å². The van der Waals surface area contributed by atoms with Crippen LogP contribution in [0.2, 0.25) is 0 Å². The van der Waals surface area contributed by atoms with Crippen LogP contribution in [-0.2, 0) is 0 Å². The van der Waals surface area contributed by atoms with Gasteiger partial charge in [0.25, 0.3) is 5.56 Å². The lowest BCUT2D eigenvalue weighted by molar-refractivity contribution is 0.628. The second kappa shape index (κ2) is 3.95. The summed E-state index contributed by atoms with van der Waals surface area (Å²) < 4.78 is 13.0. The highest BCUT2D eigenvalue weighted by Crippen LogP contribution is 2.19. The van der Waals surface area contributed by atoms with Crippen LogP contribution in [-0.4, -0.2) is 10.2 Å². The summed E-state index contributed by atoms with van der Waals surface area (Å²) >= 11 is 0. The minimum Gasteiger partial charge on any atom is -0.268 e. The van der Waals surface area contributed by atoms with Crippen LogP contribution in [0.4, 0.5) is 4.39 Å². The molecule has 0 bridgehead atoms. The number of nitrogens with zero attached hydrogens (tertiary/aromatic N) is 2. The molecular weight excluding hydrogens is 209 g/mol. The average molecular weight is 215 g/mol. The van der Waals surface area contributed by atoms with Gasteiger partial charge >= 0.3 is 0 Å². The maximum atomic E-state index is 13.0. The van der Waals surface area contributed by atoms with Gasteiger partial charge in [0.15, 0.2) is 0 Å². The molecule has 1 N–H and O–H groups in total. The molecule has 5 heteroatoms. The van der Waals surface area contributed by atoms with E-state index in [4.69, 9.17) is 5.26 Å². The van der Waals surface area contributed by atoms with Crippen molar-refractivity contribution in [1.82, 2.24) is 10.2 Å². The molecule has 0 aliphatic carbocycles. The van der Waals surface area contributed by atoms with E-state index in [2.05, 4.69) is 10.2 Å². The molecule has 0 saturated carbocycles. The summed E-state index contributed by atoms with van der Waals surface area (Å²) in [7, 11) is 0. The molecule has 0 saturated heterocycles. The first-order chi connectivity index (χ1) is 7.70. The summed E-state index contributed by atoms with van der Waals surface area (Å²) in [5.74, 6) is -0.422. The standard InChI is InChI=1S/C11H6FN3O/c12-9-3-1-2-7(4-9)11-8(6-13)5-10(16)14-15-11/h1-5H,(H,14,16). The molecule has 2 aromatic rings. The number of halogens is 1. The van der Waals surface area contributed by atoms with E-state index in [9.17, 15) is 9.18 Å². The van der Waals surface area contributed by atoms with Gasteiger partial charge in [0.05, 0.1) is 5.56 Å². The lowest BCUT2D eigenvalue weighted by Crippen LogP contribution is -2.08. The third-order valence-electron chi connectivity index (χ3n) is 2.03. The number of benzene rings is 1. The molecule has 0 aliphatic heterocycles. The number of H-pyrrole nitrogens is 1. The smallest absolute Gasteiger partial charge is 0.265 e.